The van der Waals surface area contributed by atoms with Crippen LogP contribution in [0.1, 0.15) is 11.6 Å². The largest absolute Gasteiger partial charge is 0.433 e. The average Bonchev–Trinajstić information content (AvgIpc) is 2.62. The van der Waals surface area contributed by atoms with Crippen LogP contribution in [0.2, 0.25) is 0 Å². The molecule has 1 aliphatic heterocycles. The van der Waals surface area contributed by atoms with E-state index in [1.807, 2.05) is 42.3 Å². The Bertz CT molecular complexity index is 847. The van der Waals surface area contributed by atoms with Gasteiger partial charge in [0.05, 0.1) is 6.04 Å². The summed E-state index contributed by atoms with van der Waals surface area (Å²) >= 11 is 0. The van der Waals surface area contributed by atoms with E-state index in [9.17, 15) is 17.2 Å². The first-order valence-electron chi connectivity index (χ1n) is 8.19. The van der Waals surface area contributed by atoms with Crippen molar-refractivity contribution < 1.29 is 21.9 Å². The molecule has 0 amide bonds. The molecule has 1 aliphatic rings. The fourth-order valence-electron chi connectivity index (χ4n) is 3.12. The van der Waals surface area contributed by atoms with Gasteiger partial charge in [0.2, 0.25) is 10.0 Å². The molecule has 0 aliphatic carbocycles. The van der Waals surface area contributed by atoms with Crippen molar-refractivity contribution in [1.29, 1.82) is 0 Å². The first-order chi connectivity index (χ1) is 12.4. The fourth-order valence-corrected chi connectivity index (χ4v) is 4.84. The highest BCUT2D eigenvalue weighted by Crippen LogP contribution is 2.34. The Morgan fingerprint density at radius 3 is 2.38 bits per heavy atom. The SMILES string of the molecule is CN1CCN(S(=O)(=O)c2ccccc2OC(F)F)C(c2ccccc2)C1. The molecule has 0 aromatic heterocycles. The molecule has 3 rings (SSSR count). The van der Waals surface area contributed by atoms with E-state index >= 15 is 0 Å². The van der Waals surface area contributed by atoms with Crippen molar-refractivity contribution in [3.8, 4) is 5.75 Å². The molecule has 8 heteroatoms. The molecule has 1 saturated heterocycles. The first kappa shape index (κ1) is 18.8. The summed E-state index contributed by atoms with van der Waals surface area (Å²) in [6.07, 6.45) is 0. The van der Waals surface area contributed by atoms with E-state index in [4.69, 9.17) is 0 Å². The molecule has 0 saturated carbocycles. The number of hydrogen-bond donors (Lipinski definition) is 0. The summed E-state index contributed by atoms with van der Waals surface area (Å²) in [4.78, 5) is 1.80. The lowest BCUT2D eigenvalue weighted by Crippen LogP contribution is -2.49. The third-order valence-corrected chi connectivity index (χ3v) is 6.32. The number of halogens is 2. The first-order valence-corrected chi connectivity index (χ1v) is 9.63. The number of ether oxygens (including phenoxy) is 1. The highest BCUT2D eigenvalue weighted by molar-refractivity contribution is 7.89. The average molecular weight is 382 g/mol. The Labute approximate surface area is 151 Å². The molecule has 2 aromatic carbocycles. The van der Waals surface area contributed by atoms with Gasteiger partial charge in [-0.25, -0.2) is 8.42 Å². The second kappa shape index (κ2) is 7.69. The van der Waals surface area contributed by atoms with Gasteiger partial charge >= 0.3 is 6.61 Å². The number of alkyl halides is 2. The summed E-state index contributed by atoms with van der Waals surface area (Å²) in [6.45, 7) is -1.76. The monoisotopic (exact) mass is 382 g/mol. The second-order valence-corrected chi connectivity index (χ2v) is 7.99. The van der Waals surface area contributed by atoms with Gasteiger partial charge in [0.25, 0.3) is 0 Å². The Balaban J connectivity index is 2.02. The number of hydrogen-bond acceptors (Lipinski definition) is 4. The van der Waals surface area contributed by atoms with Crippen LogP contribution in [0.5, 0.6) is 5.75 Å². The summed E-state index contributed by atoms with van der Waals surface area (Å²) in [5, 5.41) is 0. The van der Waals surface area contributed by atoms with Gasteiger partial charge in [-0.1, -0.05) is 42.5 Å². The quantitative estimate of drug-likeness (QED) is 0.798. The molecule has 5 nitrogen and oxygen atoms in total. The van der Waals surface area contributed by atoms with Crippen LogP contribution in [0.4, 0.5) is 8.78 Å². The van der Waals surface area contributed by atoms with E-state index in [2.05, 4.69) is 4.74 Å². The van der Waals surface area contributed by atoms with Gasteiger partial charge in [-0.2, -0.15) is 13.1 Å². The number of benzene rings is 2. The molecule has 0 N–H and O–H groups in total. The molecule has 1 atom stereocenters. The van der Waals surface area contributed by atoms with Crippen molar-refractivity contribution in [2.24, 2.45) is 0 Å². The molecule has 0 spiro atoms. The summed E-state index contributed by atoms with van der Waals surface area (Å²) in [7, 11) is -2.09. The van der Waals surface area contributed by atoms with Gasteiger partial charge < -0.3 is 9.64 Å². The topological polar surface area (TPSA) is 49.9 Å². The van der Waals surface area contributed by atoms with Gasteiger partial charge in [0, 0.05) is 19.6 Å². The zero-order chi connectivity index (χ0) is 18.7. The maximum Gasteiger partial charge on any atom is 0.387 e. The summed E-state index contributed by atoms with van der Waals surface area (Å²) in [6, 6.07) is 14.4. The third-order valence-electron chi connectivity index (χ3n) is 4.37. The van der Waals surface area contributed by atoms with Crippen molar-refractivity contribution in [2.45, 2.75) is 17.5 Å². The minimum atomic E-state index is -4.01. The lowest BCUT2D eigenvalue weighted by Gasteiger charge is -2.39. The lowest BCUT2D eigenvalue weighted by molar-refractivity contribution is -0.0518. The van der Waals surface area contributed by atoms with Gasteiger partial charge in [0.1, 0.15) is 10.6 Å². The molecule has 1 heterocycles. The standard InChI is InChI=1S/C18H20F2N2O3S/c1-21-11-12-22(15(13-21)14-7-3-2-4-8-14)26(23,24)17-10-6-5-9-16(17)25-18(19)20/h2-10,15,18H,11-13H2,1H3. The van der Waals surface area contributed by atoms with Crippen LogP contribution in [0, 0.1) is 0 Å². The Morgan fingerprint density at radius 2 is 1.69 bits per heavy atom. The summed E-state index contributed by atoms with van der Waals surface area (Å²) in [5.74, 6) is -0.340. The number of sulfonamides is 1. The molecule has 1 fully saturated rings. The lowest BCUT2D eigenvalue weighted by atomic mass is 10.1. The summed E-state index contributed by atoms with van der Waals surface area (Å²) < 4.78 is 57.7. The van der Waals surface area contributed by atoms with Gasteiger partial charge in [0.15, 0.2) is 0 Å². The molecular formula is C18H20F2N2O3S. The molecule has 2 aromatic rings. The van der Waals surface area contributed by atoms with E-state index in [-0.39, 0.29) is 17.2 Å². The van der Waals surface area contributed by atoms with E-state index in [1.54, 1.807) is 0 Å². The van der Waals surface area contributed by atoms with Gasteiger partial charge in [-0.3, -0.25) is 0 Å². The minimum Gasteiger partial charge on any atom is -0.433 e. The number of para-hydroxylation sites is 1. The molecular weight excluding hydrogens is 362 g/mol. The Morgan fingerprint density at radius 1 is 1.04 bits per heavy atom. The predicted molar refractivity (Wildman–Crippen MR) is 93.6 cm³/mol. The van der Waals surface area contributed by atoms with Crippen molar-refractivity contribution in [1.82, 2.24) is 9.21 Å². The van der Waals surface area contributed by atoms with Crippen molar-refractivity contribution in [2.75, 3.05) is 26.7 Å². The van der Waals surface area contributed by atoms with Crippen LogP contribution in [0.25, 0.3) is 0 Å². The number of likely N-dealkylation sites (N-methyl/N-ethyl adjacent to an activating group) is 1. The maximum atomic E-state index is 13.3. The van der Waals surface area contributed by atoms with E-state index in [1.165, 1.54) is 28.6 Å². The zero-order valence-electron chi connectivity index (χ0n) is 14.3. The molecule has 26 heavy (non-hydrogen) atoms. The number of rotatable bonds is 5. The van der Waals surface area contributed by atoms with Crippen LogP contribution in [0.15, 0.2) is 59.5 Å². The molecule has 0 radical (unpaired) electrons. The van der Waals surface area contributed by atoms with Gasteiger partial charge in [-0.05, 0) is 24.7 Å². The van der Waals surface area contributed by atoms with Crippen LogP contribution in [0.3, 0.4) is 0 Å². The Kier molecular flexibility index (Phi) is 5.55. The smallest absolute Gasteiger partial charge is 0.387 e. The van der Waals surface area contributed by atoms with Crippen molar-refractivity contribution in [3.63, 3.8) is 0 Å². The highest BCUT2D eigenvalue weighted by Gasteiger charge is 2.37. The number of piperazine rings is 1. The Hall–Kier alpha value is -2.03. The van der Waals surface area contributed by atoms with Crippen LogP contribution < -0.4 is 4.74 Å². The minimum absolute atomic E-state index is 0.245. The van der Waals surface area contributed by atoms with Crippen LogP contribution in [-0.4, -0.2) is 50.9 Å². The third kappa shape index (κ3) is 3.87. The maximum absolute atomic E-state index is 13.3. The zero-order valence-corrected chi connectivity index (χ0v) is 15.1. The second-order valence-electron chi connectivity index (χ2n) is 6.13. The normalized spacial score (nSPS) is 19.6. The van der Waals surface area contributed by atoms with Crippen molar-refractivity contribution in [3.05, 3.63) is 60.2 Å². The van der Waals surface area contributed by atoms with E-state index < -0.39 is 22.7 Å². The van der Waals surface area contributed by atoms with E-state index in [0.29, 0.717) is 13.1 Å². The molecule has 0 bridgehead atoms. The van der Waals surface area contributed by atoms with E-state index in [0.717, 1.165) is 5.56 Å². The predicted octanol–water partition coefficient (Wildman–Crippen LogP) is 2.97. The van der Waals surface area contributed by atoms with Crippen molar-refractivity contribution >= 4 is 10.0 Å². The van der Waals surface area contributed by atoms with Gasteiger partial charge in [-0.15, -0.1) is 0 Å². The van der Waals surface area contributed by atoms with Crippen LogP contribution in [-0.2, 0) is 10.0 Å². The van der Waals surface area contributed by atoms with Crippen LogP contribution >= 0.6 is 0 Å². The summed E-state index contributed by atoms with van der Waals surface area (Å²) in [5.41, 5.74) is 0.856. The number of nitrogens with zero attached hydrogens (tertiary/aromatic N) is 2. The fraction of sp³-hybridized carbons (Fsp3) is 0.333. The highest BCUT2D eigenvalue weighted by atomic mass is 32.2. The molecule has 1 unspecified atom stereocenters. The molecule has 140 valence electrons.